The van der Waals surface area contributed by atoms with Crippen molar-refractivity contribution >= 4 is 0 Å². The number of rotatable bonds is 4. The van der Waals surface area contributed by atoms with Crippen molar-refractivity contribution < 1.29 is 4.74 Å². The number of hydrogen-bond acceptors (Lipinski definition) is 3. The van der Waals surface area contributed by atoms with Crippen LogP contribution in [0.25, 0.3) is 0 Å². The highest BCUT2D eigenvalue weighted by atomic mass is 16.5. The van der Waals surface area contributed by atoms with Gasteiger partial charge in [0.1, 0.15) is 0 Å². The van der Waals surface area contributed by atoms with Gasteiger partial charge >= 0.3 is 0 Å². The molecule has 3 atom stereocenters. The summed E-state index contributed by atoms with van der Waals surface area (Å²) in [6.45, 7) is 3.20. The van der Waals surface area contributed by atoms with E-state index in [1.165, 1.54) is 44.9 Å². The fourth-order valence-corrected chi connectivity index (χ4v) is 3.25. The van der Waals surface area contributed by atoms with Crippen LogP contribution in [0.5, 0.6) is 0 Å². The highest BCUT2D eigenvalue weighted by Crippen LogP contribution is 2.23. The van der Waals surface area contributed by atoms with Gasteiger partial charge in [0, 0.05) is 25.7 Å². The molecule has 17 heavy (non-hydrogen) atoms. The summed E-state index contributed by atoms with van der Waals surface area (Å²) in [7, 11) is 2.22. The van der Waals surface area contributed by atoms with E-state index in [1.807, 2.05) is 0 Å². The van der Waals surface area contributed by atoms with Crippen LogP contribution < -0.4 is 5.73 Å². The Bertz CT molecular complexity index is 216. The maximum atomic E-state index is 6.28. The average Bonchev–Trinajstić information content (AvgIpc) is 2.71. The van der Waals surface area contributed by atoms with Gasteiger partial charge < -0.3 is 15.4 Å². The summed E-state index contributed by atoms with van der Waals surface area (Å²) in [6, 6.07) is 0.421. The zero-order valence-electron chi connectivity index (χ0n) is 11.2. The van der Waals surface area contributed by atoms with E-state index in [1.54, 1.807) is 0 Å². The first-order valence-corrected chi connectivity index (χ1v) is 7.31. The molecule has 3 heteroatoms. The first kappa shape index (κ1) is 13.3. The molecule has 2 aliphatic rings. The van der Waals surface area contributed by atoms with E-state index < -0.39 is 0 Å². The zero-order valence-corrected chi connectivity index (χ0v) is 11.2. The van der Waals surface area contributed by atoms with Gasteiger partial charge in [0.2, 0.25) is 0 Å². The minimum absolute atomic E-state index is 0.421. The van der Waals surface area contributed by atoms with E-state index in [-0.39, 0.29) is 0 Å². The topological polar surface area (TPSA) is 38.5 Å². The SMILES string of the molecule is CN(CC1CCCO1)CC1CCCCCC1N. The van der Waals surface area contributed by atoms with Crippen molar-refractivity contribution in [1.82, 2.24) is 4.90 Å². The van der Waals surface area contributed by atoms with Crippen LogP contribution >= 0.6 is 0 Å². The van der Waals surface area contributed by atoms with Crippen LogP contribution in [0.2, 0.25) is 0 Å². The lowest BCUT2D eigenvalue weighted by Gasteiger charge is -2.28. The van der Waals surface area contributed by atoms with E-state index in [4.69, 9.17) is 10.5 Å². The molecular weight excluding hydrogens is 212 g/mol. The van der Waals surface area contributed by atoms with E-state index >= 15 is 0 Å². The highest BCUT2D eigenvalue weighted by Gasteiger charge is 2.23. The normalized spacial score (nSPS) is 35.1. The molecule has 0 spiro atoms. The lowest BCUT2D eigenvalue weighted by atomic mass is 9.95. The summed E-state index contributed by atoms with van der Waals surface area (Å²) in [5.74, 6) is 0.698. The van der Waals surface area contributed by atoms with Crippen molar-refractivity contribution in [2.45, 2.75) is 57.1 Å². The molecule has 1 aliphatic heterocycles. The minimum atomic E-state index is 0.421. The smallest absolute Gasteiger partial charge is 0.0702 e. The van der Waals surface area contributed by atoms with Gasteiger partial charge in [-0.1, -0.05) is 19.3 Å². The number of ether oxygens (including phenoxy) is 1. The molecular formula is C14H28N2O. The minimum Gasteiger partial charge on any atom is -0.377 e. The maximum Gasteiger partial charge on any atom is 0.0702 e. The first-order chi connectivity index (χ1) is 8.25. The summed E-state index contributed by atoms with van der Waals surface area (Å²) >= 11 is 0. The average molecular weight is 240 g/mol. The molecule has 0 radical (unpaired) electrons. The van der Waals surface area contributed by atoms with Crippen LogP contribution in [0.3, 0.4) is 0 Å². The molecule has 0 bridgehead atoms. The molecule has 2 rings (SSSR count). The summed E-state index contributed by atoms with van der Waals surface area (Å²) in [5.41, 5.74) is 6.28. The second kappa shape index (κ2) is 6.72. The monoisotopic (exact) mass is 240 g/mol. The van der Waals surface area contributed by atoms with Gasteiger partial charge in [-0.15, -0.1) is 0 Å². The number of nitrogens with two attached hydrogens (primary N) is 1. The van der Waals surface area contributed by atoms with Crippen molar-refractivity contribution in [3.8, 4) is 0 Å². The molecule has 100 valence electrons. The van der Waals surface area contributed by atoms with Crippen LogP contribution in [0, 0.1) is 5.92 Å². The fourth-order valence-electron chi connectivity index (χ4n) is 3.25. The molecule has 0 amide bonds. The Morgan fingerprint density at radius 2 is 1.88 bits per heavy atom. The van der Waals surface area contributed by atoms with Crippen LogP contribution in [-0.2, 0) is 4.74 Å². The first-order valence-electron chi connectivity index (χ1n) is 7.31. The second-order valence-corrected chi connectivity index (χ2v) is 5.92. The highest BCUT2D eigenvalue weighted by molar-refractivity contribution is 4.79. The second-order valence-electron chi connectivity index (χ2n) is 5.92. The summed E-state index contributed by atoms with van der Waals surface area (Å²) in [5, 5.41) is 0. The molecule has 3 nitrogen and oxygen atoms in total. The lowest BCUT2D eigenvalue weighted by Crippen LogP contribution is -2.39. The Hall–Kier alpha value is -0.120. The van der Waals surface area contributed by atoms with Gasteiger partial charge in [0.05, 0.1) is 6.10 Å². The Balaban J connectivity index is 1.73. The Morgan fingerprint density at radius 3 is 2.65 bits per heavy atom. The molecule has 3 unspecified atom stereocenters. The predicted octanol–water partition coefficient (Wildman–Crippen LogP) is 2.00. The largest absolute Gasteiger partial charge is 0.377 e. The number of nitrogens with zero attached hydrogens (tertiary/aromatic N) is 1. The third-order valence-electron chi connectivity index (χ3n) is 4.30. The Kier molecular flexibility index (Phi) is 5.26. The Labute approximate surface area is 106 Å². The Morgan fingerprint density at radius 1 is 1.06 bits per heavy atom. The van der Waals surface area contributed by atoms with Crippen molar-refractivity contribution in [3.63, 3.8) is 0 Å². The zero-order chi connectivity index (χ0) is 12.1. The number of likely N-dealkylation sites (N-methyl/N-ethyl adjacent to an activating group) is 1. The molecule has 1 heterocycles. The van der Waals surface area contributed by atoms with Gasteiger partial charge in [0.15, 0.2) is 0 Å². The van der Waals surface area contributed by atoms with Crippen LogP contribution in [0.4, 0.5) is 0 Å². The van der Waals surface area contributed by atoms with Gasteiger partial charge in [-0.3, -0.25) is 0 Å². The lowest BCUT2D eigenvalue weighted by molar-refractivity contribution is 0.0747. The summed E-state index contributed by atoms with van der Waals surface area (Å²) < 4.78 is 5.69. The third-order valence-corrected chi connectivity index (χ3v) is 4.30. The fraction of sp³-hybridized carbons (Fsp3) is 1.00. The van der Waals surface area contributed by atoms with Gasteiger partial charge in [0.25, 0.3) is 0 Å². The molecule has 0 aromatic rings. The molecule has 1 saturated carbocycles. The van der Waals surface area contributed by atoms with Gasteiger partial charge in [-0.05, 0) is 38.6 Å². The van der Waals surface area contributed by atoms with Crippen LogP contribution in [0.15, 0.2) is 0 Å². The standard InChI is InChI=1S/C14H28N2O/c1-16(11-13-7-5-9-17-13)10-12-6-3-2-4-8-14(12)15/h12-14H,2-11,15H2,1H3. The van der Waals surface area contributed by atoms with Crippen molar-refractivity contribution in [3.05, 3.63) is 0 Å². The van der Waals surface area contributed by atoms with Crippen LogP contribution in [0.1, 0.15) is 44.9 Å². The molecule has 0 aromatic heterocycles. The van der Waals surface area contributed by atoms with Crippen LogP contribution in [-0.4, -0.2) is 43.8 Å². The summed E-state index contributed by atoms with van der Waals surface area (Å²) in [4.78, 5) is 2.44. The molecule has 1 saturated heterocycles. The van der Waals surface area contributed by atoms with Gasteiger partial charge in [-0.2, -0.15) is 0 Å². The van der Waals surface area contributed by atoms with E-state index in [9.17, 15) is 0 Å². The summed E-state index contributed by atoms with van der Waals surface area (Å²) in [6.07, 6.45) is 9.55. The van der Waals surface area contributed by atoms with E-state index in [0.29, 0.717) is 18.1 Å². The van der Waals surface area contributed by atoms with Crippen molar-refractivity contribution in [2.24, 2.45) is 11.7 Å². The molecule has 1 aliphatic carbocycles. The maximum absolute atomic E-state index is 6.28. The van der Waals surface area contributed by atoms with E-state index in [2.05, 4.69) is 11.9 Å². The predicted molar refractivity (Wildman–Crippen MR) is 71.0 cm³/mol. The molecule has 2 N–H and O–H groups in total. The van der Waals surface area contributed by atoms with Crippen molar-refractivity contribution in [1.29, 1.82) is 0 Å². The number of hydrogen-bond donors (Lipinski definition) is 1. The van der Waals surface area contributed by atoms with Gasteiger partial charge in [-0.25, -0.2) is 0 Å². The van der Waals surface area contributed by atoms with E-state index in [0.717, 1.165) is 19.7 Å². The quantitative estimate of drug-likeness (QED) is 0.764. The molecule has 0 aromatic carbocycles. The van der Waals surface area contributed by atoms with Crippen molar-refractivity contribution in [2.75, 3.05) is 26.7 Å². The third kappa shape index (κ3) is 4.23. The molecule has 2 fully saturated rings.